The topological polar surface area (TPSA) is 46.5 Å². The van der Waals surface area contributed by atoms with Crippen molar-refractivity contribution in [3.8, 4) is 0 Å². The lowest BCUT2D eigenvalue weighted by molar-refractivity contribution is -0.143. The minimum absolute atomic E-state index is 0.158. The second kappa shape index (κ2) is 6.01. The van der Waals surface area contributed by atoms with Crippen LogP contribution in [0.15, 0.2) is 36.0 Å². The van der Waals surface area contributed by atoms with Crippen molar-refractivity contribution in [3.63, 3.8) is 0 Å². The van der Waals surface area contributed by atoms with E-state index in [0.29, 0.717) is 12.0 Å². The van der Waals surface area contributed by atoms with E-state index in [1.807, 2.05) is 19.1 Å². The molecule has 0 saturated carbocycles. The van der Waals surface area contributed by atoms with Gasteiger partial charge in [-0.25, -0.2) is 4.79 Å². The Morgan fingerprint density at radius 3 is 2.94 bits per heavy atom. The van der Waals surface area contributed by atoms with E-state index >= 15 is 0 Å². The largest absolute Gasteiger partial charge is 0.454 e. The Morgan fingerprint density at radius 2 is 2.39 bits per heavy atom. The molecule has 1 N–H and O–H groups in total. The van der Waals surface area contributed by atoms with Crippen LogP contribution in [0.1, 0.15) is 40.0 Å². The maximum absolute atomic E-state index is 11.4. The summed E-state index contributed by atoms with van der Waals surface area (Å²) in [5.41, 5.74) is 0.872. The smallest absolute Gasteiger partial charge is 0.333 e. The van der Waals surface area contributed by atoms with Crippen LogP contribution in [0.2, 0.25) is 0 Å². The minimum atomic E-state index is -0.837. The molecule has 0 aliphatic carbocycles. The highest BCUT2D eigenvalue weighted by atomic mass is 16.5. The van der Waals surface area contributed by atoms with E-state index in [-0.39, 0.29) is 12.1 Å². The van der Waals surface area contributed by atoms with Crippen molar-refractivity contribution in [2.24, 2.45) is 0 Å². The third-order valence-corrected chi connectivity index (χ3v) is 3.27. The standard InChI is InChI=1S/C15H22O3/c1-5-15(4,17)10-6-7-11(2)13-9-8-12(3)14(16)18-13/h5,7-8,13,17H,1,6,9-10H2,2-4H3/b11-7+/t13-,15+/m0/s1. The van der Waals surface area contributed by atoms with Gasteiger partial charge < -0.3 is 9.84 Å². The molecule has 0 aromatic heterocycles. The Labute approximate surface area is 109 Å². The molecule has 1 aliphatic rings. The molecule has 0 unspecified atom stereocenters. The molecule has 0 bridgehead atoms. The first-order valence-corrected chi connectivity index (χ1v) is 6.26. The van der Waals surface area contributed by atoms with Crippen LogP contribution in [0.25, 0.3) is 0 Å². The molecule has 2 atom stereocenters. The zero-order valence-electron chi connectivity index (χ0n) is 11.4. The number of rotatable bonds is 5. The summed E-state index contributed by atoms with van der Waals surface area (Å²) in [4.78, 5) is 11.4. The molecule has 100 valence electrons. The van der Waals surface area contributed by atoms with E-state index in [9.17, 15) is 9.90 Å². The lowest BCUT2D eigenvalue weighted by Crippen LogP contribution is -2.24. The Kier molecular flexibility index (Phi) is 4.91. The van der Waals surface area contributed by atoms with Gasteiger partial charge in [0, 0.05) is 12.0 Å². The van der Waals surface area contributed by atoms with Gasteiger partial charge >= 0.3 is 5.97 Å². The molecule has 3 nitrogen and oxygen atoms in total. The summed E-state index contributed by atoms with van der Waals surface area (Å²) in [6, 6.07) is 0. The molecule has 0 aromatic rings. The molecule has 18 heavy (non-hydrogen) atoms. The van der Waals surface area contributed by atoms with Crippen molar-refractivity contribution >= 4 is 5.97 Å². The predicted octanol–water partition coefficient (Wildman–Crippen LogP) is 2.91. The molecular weight excluding hydrogens is 228 g/mol. The van der Waals surface area contributed by atoms with Gasteiger partial charge in [0.25, 0.3) is 0 Å². The summed E-state index contributed by atoms with van der Waals surface area (Å²) in [6.07, 6.45) is 7.40. The second-order valence-electron chi connectivity index (χ2n) is 5.06. The third-order valence-electron chi connectivity index (χ3n) is 3.27. The number of allylic oxidation sites excluding steroid dienone is 1. The van der Waals surface area contributed by atoms with E-state index in [2.05, 4.69) is 6.58 Å². The van der Waals surface area contributed by atoms with E-state index < -0.39 is 5.60 Å². The SMILES string of the molecule is C=C[C@@](C)(O)CC/C=C(\C)[C@@H]1CC=C(C)C(=O)O1. The van der Waals surface area contributed by atoms with Crippen LogP contribution in [0.5, 0.6) is 0 Å². The van der Waals surface area contributed by atoms with E-state index in [1.54, 1.807) is 19.9 Å². The Hall–Kier alpha value is -1.35. The Morgan fingerprint density at radius 1 is 1.72 bits per heavy atom. The summed E-state index contributed by atoms with van der Waals surface area (Å²) in [5.74, 6) is -0.239. The molecule has 0 saturated heterocycles. The van der Waals surface area contributed by atoms with Gasteiger partial charge in [-0.15, -0.1) is 6.58 Å². The molecule has 0 aromatic carbocycles. The fourth-order valence-electron chi connectivity index (χ4n) is 1.74. The van der Waals surface area contributed by atoms with Gasteiger partial charge in [0.1, 0.15) is 6.10 Å². The van der Waals surface area contributed by atoms with Crippen LogP contribution in [-0.4, -0.2) is 22.8 Å². The van der Waals surface area contributed by atoms with Crippen molar-refractivity contribution < 1.29 is 14.6 Å². The number of esters is 1. The number of carbonyl (C=O) groups is 1. The average Bonchev–Trinajstić information content (AvgIpc) is 2.32. The lowest BCUT2D eigenvalue weighted by Gasteiger charge is -2.22. The van der Waals surface area contributed by atoms with Crippen molar-refractivity contribution in [1.29, 1.82) is 0 Å². The van der Waals surface area contributed by atoms with Crippen molar-refractivity contribution in [2.45, 2.75) is 51.7 Å². The van der Waals surface area contributed by atoms with Crippen LogP contribution in [0, 0.1) is 0 Å². The van der Waals surface area contributed by atoms with Crippen LogP contribution in [0.3, 0.4) is 0 Å². The highest BCUT2D eigenvalue weighted by Gasteiger charge is 2.21. The zero-order valence-corrected chi connectivity index (χ0v) is 11.4. The summed E-state index contributed by atoms with van der Waals surface area (Å²) >= 11 is 0. The summed E-state index contributed by atoms with van der Waals surface area (Å²) in [7, 11) is 0. The second-order valence-corrected chi connectivity index (χ2v) is 5.06. The number of carbonyl (C=O) groups excluding carboxylic acids is 1. The number of hydrogen-bond acceptors (Lipinski definition) is 3. The zero-order chi connectivity index (χ0) is 13.8. The van der Waals surface area contributed by atoms with Crippen LogP contribution in [0.4, 0.5) is 0 Å². The number of hydrogen-bond donors (Lipinski definition) is 1. The summed E-state index contributed by atoms with van der Waals surface area (Å²) < 4.78 is 5.31. The lowest BCUT2D eigenvalue weighted by atomic mass is 9.97. The Bertz CT molecular complexity index is 389. The van der Waals surface area contributed by atoms with Gasteiger partial charge in [0.2, 0.25) is 0 Å². The molecule has 3 heteroatoms. The molecule has 1 aliphatic heterocycles. The molecule has 0 amide bonds. The van der Waals surface area contributed by atoms with Crippen LogP contribution >= 0.6 is 0 Å². The molecule has 0 fully saturated rings. The van der Waals surface area contributed by atoms with Gasteiger partial charge in [0.15, 0.2) is 0 Å². The number of cyclic esters (lactones) is 1. The van der Waals surface area contributed by atoms with E-state index in [4.69, 9.17) is 4.74 Å². The van der Waals surface area contributed by atoms with Gasteiger partial charge in [0.05, 0.1) is 5.60 Å². The van der Waals surface area contributed by atoms with E-state index in [0.717, 1.165) is 18.4 Å². The number of aliphatic hydroxyl groups is 1. The highest BCUT2D eigenvalue weighted by Crippen LogP contribution is 2.21. The van der Waals surface area contributed by atoms with Gasteiger partial charge in [-0.05, 0) is 39.2 Å². The van der Waals surface area contributed by atoms with Crippen molar-refractivity contribution in [1.82, 2.24) is 0 Å². The first-order valence-electron chi connectivity index (χ1n) is 6.26. The van der Waals surface area contributed by atoms with Crippen LogP contribution in [-0.2, 0) is 9.53 Å². The maximum atomic E-state index is 11.4. The van der Waals surface area contributed by atoms with Crippen molar-refractivity contribution in [3.05, 3.63) is 36.0 Å². The van der Waals surface area contributed by atoms with Gasteiger partial charge in [-0.2, -0.15) is 0 Å². The molecule has 0 radical (unpaired) electrons. The number of ether oxygens (including phenoxy) is 1. The quantitative estimate of drug-likeness (QED) is 0.603. The summed E-state index contributed by atoms with van der Waals surface area (Å²) in [5, 5.41) is 9.78. The molecule has 1 rings (SSSR count). The van der Waals surface area contributed by atoms with Crippen LogP contribution < -0.4 is 0 Å². The van der Waals surface area contributed by atoms with Gasteiger partial charge in [-0.3, -0.25) is 0 Å². The first-order chi connectivity index (χ1) is 8.35. The fourth-order valence-corrected chi connectivity index (χ4v) is 1.74. The minimum Gasteiger partial charge on any atom is -0.454 e. The third kappa shape index (κ3) is 4.15. The Balaban J connectivity index is 2.53. The predicted molar refractivity (Wildman–Crippen MR) is 72.1 cm³/mol. The van der Waals surface area contributed by atoms with Gasteiger partial charge in [-0.1, -0.05) is 18.2 Å². The highest BCUT2D eigenvalue weighted by molar-refractivity contribution is 5.88. The summed E-state index contributed by atoms with van der Waals surface area (Å²) in [6.45, 7) is 9.04. The fraction of sp³-hybridized carbons (Fsp3) is 0.533. The molecule has 0 spiro atoms. The van der Waals surface area contributed by atoms with E-state index in [1.165, 1.54) is 0 Å². The average molecular weight is 250 g/mol. The monoisotopic (exact) mass is 250 g/mol. The maximum Gasteiger partial charge on any atom is 0.333 e. The molecule has 1 heterocycles. The first kappa shape index (κ1) is 14.7. The van der Waals surface area contributed by atoms with Crippen molar-refractivity contribution in [2.75, 3.05) is 0 Å². The normalized spacial score (nSPS) is 24.0. The molecular formula is C15H22O3.